The van der Waals surface area contributed by atoms with Crippen LogP contribution in [0.4, 0.5) is 11.6 Å². The molecule has 1 amide bonds. The van der Waals surface area contributed by atoms with Gasteiger partial charge in [-0.25, -0.2) is 9.97 Å². The maximum atomic E-state index is 12.8. The van der Waals surface area contributed by atoms with Gasteiger partial charge in [-0.05, 0) is 44.5 Å². The van der Waals surface area contributed by atoms with Crippen LogP contribution < -0.4 is 26.1 Å². The largest absolute Gasteiger partial charge is 0.491 e. The van der Waals surface area contributed by atoms with Crippen LogP contribution in [0.5, 0.6) is 11.5 Å². The predicted octanol–water partition coefficient (Wildman–Crippen LogP) is 2.07. The number of nitrogen functional groups attached to an aromatic ring is 1. The smallest absolute Gasteiger partial charge is 0.281 e. The number of nitrogens with one attached hydrogen (secondary N) is 1. The molecule has 2 aliphatic rings. The first-order chi connectivity index (χ1) is 17.9. The first-order valence-electron chi connectivity index (χ1n) is 12.6. The van der Waals surface area contributed by atoms with Crippen molar-refractivity contribution in [1.82, 2.24) is 19.4 Å². The van der Waals surface area contributed by atoms with Crippen molar-refractivity contribution in [3.63, 3.8) is 0 Å². The molecule has 1 fully saturated rings. The second-order valence-corrected chi connectivity index (χ2v) is 9.44. The van der Waals surface area contributed by atoms with Gasteiger partial charge < -0.3 is 25.3 Å². The maximum Gasteiger partial charge on any atom is 0.281 e. The van der Waals surface area contributed by atoms with Crippen LogP contribution in [0.3, 0.4) is 0 Å². The van der Waals surface area contributed by atoms with E-state index in [1.807, 2.05) is 16.7 Å². The summed E-state index contributed by atoms with van der Waals surface area (Å²) in [7, 11) is 1.59. The number of amides is 1. The fraction of sp³-hybridized carbons (Fsp3) is 0.462. The van der Waals surface area contributed by atoms with Gasteiger partial charge in [-0.15, -0.1) is 0 Å². The molecule has 2 aromatic heterocycles. The third kappa shape index (κ3) is 5.37. The minimum absolute atomic E-state index is 0.243. The number of rotatable bonds is 7. The molecule has 11 heteroatoms. The van der Waals surface area contributed by atoms with Gasteiger partial charge in [0.2, 0.25) is 5.62 Å². The zero-order valence-corrected chi connectivity index (χ0v) is 21.4. The number of fused-ring (bicyclic) bond motifs is 3. The summed E-state index contributed by atoms with van der Waals surface area (Å²) in [6.07, 6.45) is 2.77. The number of aromatic nitrogens is 3. The highest BCUT2D eigenvalue weighted by Gasteiger charge is 2.23. The number of morpholine rings is 1. The first-order valence-corrected chi connectivity index (χ1v) is 12.6. The third-order valence-corrected chi connectivity index (χ3v) is 6.51. The topological polar surface area (TPSA) is 129 Å². The Balaban J connectivity index is 1.40. The van der Waals surface area contributed by atoms with Gasteiger partial charge in [-0.2, -0.15) is 4.99 Å². The van der Waals surface area contributed by atoms with Crippen LogP contribution >= 0.6 is 0 Å². The molecular formula is C26H33N7O4. The Labute approximate surface area is 215 Å². The molecule has 11 nitrogen and oxygen atoms in total. The number of carbonyl (C=O) groups excluding carboxylic acids is 1. The van der Waals surface area contributed by atoms with E-state index in [0.717, 1.165) is 37.3 Å². The molecular weight excluding hydrogens is 474 g/mol. The molecule has 0 radical (unpaired) electrons. The van der Waals surface area contributed by atoms with Crippen molar-refractivity contribution >= 4 is 28.4 Å². The Kier molecular flexibility index (Phi) is 7.24. The third-order valence-electron chi connectivity index (χ3n) is 6.51. The van der Waals surface area contributed by atoms with Crippen molar-refractivity contribution in [2.45, 2.75) is 39.0 Å². The number of benzene rings is 1. The lowest BCUT2D eigenvalue weighted by Crippen LogP contribution is -2.45. The van der Waals surface area contributed by atoms with Crippen molar-refractivity contribution in [2.24, 2.45) is 4.99 Å². The number of methoxy groups -OCH3 is 1. The molecule has 1 saturated heterocycles. The Morgan fingerprint density at radius 3 is 2.78 bits per heavy atom. The fourth-order valence-corrected chi connectivity index (χ4v) is 4.97. The van der Waals surface area contributed by atoms with E-state index in [4.69, 9.17) is 24.9 Å². The highest BCUT2D eigenvalue weighted by Crippen LogP contribution is 2.37. The van der Waals surface area contributed by atoms with Gasteiger partial charge in [0.15, 0.2) is 11.5 Å². The summed E-state index contributed by atoms with van der Waals surface area (Å²) < 4.78 is 19.6. The highest BCUT2D eigenvalue weighted by molar-refractivity contribution is 5.96. The van der Waals surface area contributed by atoms with E-state index in [2.05, 4.69) is 34.0 Å². The predicted molar refractivity (Wildman–Crippen MR) is 140 cm³/mol. The van der Waals surface area contributed by atoms with Gasteiger partial charge in [0.1, 0.15) is 17.2 Å². The van der Waals surface area contributed by atoms with Crippen molar-refractivity contribution in [2.75, 3.05) is 50.9 Å². The zero-order chi connectivity index (χ0) is 25.9. The standard InChI is InChI=1S/C26H33N7O4/c1-16-14-32(15-17(2)37-16)10-4-12-36-20-7-6-19-22(23(20)35-3)30-26(33-11-9-28-24(19)33)31-25(34)18-5-8-21(27)29-13-18/h5-8,13,16-17,28H,4,9-12,14-15H2,1-3H3,(H2,27,29)/t16-,17+. The van der Waals surface area contributed by atoms with Crippen LogP contribution in [0.1, 0.15) is 30.6 Å². The van der Waals surface area contributed by atoms with Gasteiger partial charge in [-0.1, -0.05) is 0 Å². The van der Waals surface area contributed by atoms with Gasteiger partial charge >= 0.3 is 0 Å². The summed E-state index contributed by atoms with van der Waals surface area (Å²) in [6.45, 7) is 8.91. The van der Waals surface area contributed by atoms with Crippen LogP contribution in [-0.2, 0) is 11.3 Å². The molecule has 2 aliphatic heterocycles. The number of ether oxygens (including phenoxy) is 3. The monoisotopic (exact) mass is 507 g/mol. The lowest BCUT2D eigenvalue weighted by atomic mass is 10.2. The molecule has 2 atom stereocenters. The molecule has 1 aromatic carbocycles. The average molecular weight is 508 g/mol. The number of anilines is 2. The average Bonchev–Trinajstić information content (AvgIpc) is 3.37. The van der Waals surface area contributed by atoms with Crippen molar-refractivity contribution < 1.29 is 19.0 Å². The molecule has 0 bridgehead atoms. The molecule has 0 saturated carbocycles. The second kappa shape index (κ2) is 10.7. The van der Waals surface area contributed by atoms with Gasteiger partial charge in [0, 0.05) is 44.3 Å². The van der Waals surface area contributed by atoms with Gasteiger partial charge in [-0.3, -0.25) is 14.3 Å². The van der Waals surface area contributed by atoms with Crippen LogP contribution in [0.25, 0.3) is 10.9 Å². The van der Waals surface area contributed by atoms with E-state index in [9.17, 15) is 4.79 Å². The number of nitrogens with two attached hydrogens (primary N) is 1. The molecule has 3 aromatic rings. The van der Waals surface area contributed by atoms with Crippen molar-refractivity contribution in [3.05, 3.63) is 41.6 Å². The normalized spacial score (nSPS) is 20.0. The summed E-state index contributed by atoms with van der Waals surface area (Å²) in [6, 6.07) is 7.04. The number of pyridine rings is 1. The van der Waals surface area contributed by atoms with Gasteiger partial charge in [0.05, 0.1) is 31.5 Å². The van der Waals surface area contributed by atoms with Crippen LogP contribution in [0.2, 0.25) is 0 Å². The second-order valence-electron chi connectivity index (χ2n) is 9.44. The molecule has 37 heavy (non-hydrogen) atoms. The van der Waals surface area contributed by atoms with E-state index in [1.165, 1.54) is 6.20 Å². The molecule has 196 valence electrons. The Bertz CT molecular complexity index is 1350. The summed E-state index contributed by atoms with van der Waals surface area (Å²) in [5.74, 6) is 1.85. The Hall–Kier alpha value is -3.70. The number of carbonyl (C=O) groups is 1. The fourth-order valence-electron chi connectivity index (χ4n) is 4.97. The molecule has 5 rings (SSSR count). The van der Waals surface area contributed by atoms with Crippen LogP contribution in [0.15, 0.2) is 35.5 Å². The minimum atomic E-state index is -0.445. The summed E-state index contributed by atoms with van der Waals surface area (Å²) in [5.41, 5.74) is 6.85. The Morgan fingerprint density at radius 1 is 1.24 bits per heavy atom. The number of hydrogen-bond acceptors (Lipinski definition) is 9. The summed E-state index contributed by atoms with van der Waals surface area (Å²) in [4.78, 5) is 28.3. The van der Waals surface area contributed by atoms with Crippen molar-refractivity contribution in [1.29, 1.82) is 0 Å². The quantitative estimate of drug-likeness (QED) is 0.462. The Morgan fingerprint density at radius 2 is 2.05 bits per heavy atom. The zero-order valence-electron chi connectivity index (χ0n) is 21.4. The molecule has 0 spiro atoms. The van der Waals surface area contributed by atoms with E-state index < -0.39 is 5.91 Å². The minimum Gasteiger partial charge on any atom is -0.491 e. The first kappa shape index (κ1) is 25.0. The van der Waals surface area contributed by atoms with E-state index >= 15 is 0 Å². The molecule has 4 heterocycles. The molecule has 0 aliphatic carbocycles. The summed E-state index contributed by atoms with van der Waals surface area (Å²) in [5, 5.41) is 4.25. The lowest BCUT2D eigenvalue weighted by molar-refractivity contribution is -0.0686. The SMILES string of the molecule is COc1c(OCCCN2C[C@@H](C)O[C@@H](C)C2)ccc2c3n(c(=NC(=O)c4ccc(N)nc4)nc12)CCN3. The maximum absolute atomic E-state index is 12.8. The van der Waals surface area contributed by atoms with E-state index in [-0.39, 0.29) is 12.2 Å². The molecule has 0 unspecified atom stereocenters. The van der Waals surface area contributed by atoms with Crippen molar-refractivity contribution in [3.8, 4) is 11.5 Å². The van der Waals surface area contributed by atoms with Crippen LogP contribution in [-0.4, -0.2) is 77.4 Å². The highest BCUT2D eigenvalue weighted by atomic mass is 16.5. The van der Waals surface area contributed by atoms with Gasteiger partial charge in [0.25, 0.3) is 5.91 Å². The molecule has 3 N–H and O–H groups in total. The number of nitrogens with zero attached hydrogens (tertiary/aromatic N) is 5. The lowest BCUT2D eigenvalue weighted by Gasteiger charge is -2.35. The summed E-state index contributed by atoms with van der Waals surface area (Å²) >= 11 is 0. The number of hydrogen-bond donors (Lipinski definition) is 2. The van der Waals surface area contributed by atoms with E-state index in [0.29, 0.717) is 53.7 Å². The van der Waals surface area contributed by atoms with Crippen LogP contribution in [0, 0.1) is 0 Å². The van der Waals surface area contributed by atoms with E-state index in [1.54, 1.807) is 19.2 Å².